The minimum absolute atomic E-state index is 0.236. The zero-order valence-corrected chi connectivity index (χ0v) is 14.8. The standard InChI is InChI=1S/C15H12BrN5O4/c1-19-14(24)12(22)10(7-17-19)11-13(23)21(15(25)20(2)18-11)9-5-3-8(16)4-6-9/h3-7,10H,1-2H3. The smallest absolute Gasteiger partial charge is 0.287 e. The Balaban J connectivity index is 2.24. The number of rotatable bonds is 2. The van der Waals surface area contributed by atoms with Gasteiger partial charge in [-0.3, -0.25) is 14.4 Å². The van der Waals surface area contributed by atoms with E-state index in [4.69, 9.17) is 0 Å². The third-order valence-corrected chi connectivity index (χ3v) is 4.23. The van der Waals surface area contributed by atoms with Crippen molar-refractivity contribution >= 4 is 33.8 Å². The predicted octanol–water partition coefficient (Wildman–Crippen LogP) is -0.196. The number of Topliss-reactive ketones (excluding diaryl/α,β-unsaturated/α-hetero) is 1. The number of carbonyl (C=O) groups is 2. The first-order valence-electron chi connectivity index (χ1n) is 7.13. The molecule has 0 fully saturated rings. The molecule has 3 rings (SSSR count). The van der Waals surface area contributed by atoms with Crippen molar-refractivity contribution in [3.8, 4) is 5.69 Å². The molecule has 1 atom stereocenters. The van der Waals surface area contributed by atoms with Crippen LogP contribution in [-0.4, -0.2) is 44.3 Å². The number of likely N-dealkylation sites (N-methyl/N-ethyl adjacent to an activating group) is 1. The van der Waals surface area contributed by atoms with Crippen molar-refractivity contribution in [1.29, 1.82) is 0 Å². The number of aryl methyl sites for hydroxylation is 1. The van der Waals surface area contributed by atoms with Gasteiger partial charge in [0.1, 0.15) is 11.6 Å². The van der Waals surface area contributed by atoms with Crippen LogP contribution in [0.4, 0.5) is 0 Å². The lowest BCUT2D eigenvalue weighted by atomic mass is 10.00. The number of benzene rings is 1. The van der Waals surface area contributed by atoms with E-state index >= 15 is 0 Å². The van der Waals surface area contributed by atoms with E-state index in [2.05, 4.69) is 26.1 Å². The molecule has 0 bridgehead atoms. The number of carbonyl (C=O) groups excluding carboxylic acids is 2. The van der Waals surface area contributed by atoms with E-state index in [0.29, 0.717) is 5.69 Å². The van der Waals surface area contributed by atoms with Gasteiger partial charge in [-0.25, -0.2) is 19.1 Å². The number of nitrogens with zero attached hydrogens (tertiary/aromatic N) is 5. The highest BCUT2D eigenvalue weighted by Gasteiger charge is 2.35. The first-order valence-corrected chi connectivity index (χ1v) is 7.92. The molecule has 0 saturated heterocycles. The minimum Gasteiger partial charge on any atom is -0.287 e. The van der Waals surface area contributed by atoms with Crippen LogP contribution >= 0.6 is 15.9 Å². The van der Waals surface area contributed by atoms with Crippen molar-refractivity contribution in [2.24, 2.45) is 12.1 Å². The average molecular weight is 406 g/mol. The predicted molar refractivity (Wildman–Crippen MR) is 91.8 cm³/mol. The highest BCUT2D eigenvalue weighted by atomic mass is 79.9. The third-order valence-electron chi connectivity index (χ3n) is 3.70. The van der Waals surface area contributed by atoms with Crippen molar-refractivity contribution in [3.63, 3.8) is 0 Å². The van der Waals surface area contributed by atoms with Gasteiger partial charge in [0, 0.05) is 24.8 Å². The van der Waals surface area contributed by atoms with E-state index in [1.54, 1.807) is 24.3 Å². The highest BCUT2D eigenvalue weighted by molar-refractivity contribution is 9.10. The largest absolute Gasteiger partial charge is 0.351 e. The van der Waals surface area contributed by atoms with Crippen LogP contribution in [0, 0.1) is 0 Å². The first-order chi connectivity index (χ1) is 11.8. The normalized spacial score (nSPS) is 17.2. The fourth-order valence-electron chi connectivity index (χ4n) is 2.38. The lowest BCUT2D eigenvalue weighted by Crippen LogP contribution is -2.46. The molecule has 1 aliphatic heterocycles. The number of aromatic nitrogens is 3. The SMILES string of the molecule is CN1N=CC(c2nn(C)c(=O)n(-c3ccc(Br)cc3)c2=O)C(=O)C1=O. The van der Waals surface area contributed by atoms with Crippen LogP contribution in [0.1, 0.15) is 11.6 Å². The number of halogens is 1. The Kier molecular flexibility index (Phi) is 4.21. The number of amides is 1. The molecule has 9 nitrogen and oxygen atoms in total. The van der Waals surface area contributed by atoms with Crippen LogP contribution in [0.2, 0.25) is 0 Å². The van der Waals surface area contributed by atoms with Crippen LogP contribution in [-0.2, 0) is 16.6 Å². The molecule has 1 aromatic heterocycles. The second-order valence-electron chi connectivity index (χ2n) is 5.34. The molecule has 1 unspecified atom stereocenters. The van der Waals surface area contributed by atoms with Crippen molar-refractivity contribution in [2.75, 3.05) is 7.05 Å². The quantitative estimate of drug-likeness (QED) is 0.643. The lowest BCUT2D eigenvalue weighted by molar-refractivity contribution is -0.144. The molecule has 2 heterocycles. The molecule has 10 heteroatoms. The van der Waals surface area contributed by atoms with Gasteiger partial charge in [-0.15, -0.1) is 0 Å². The van der Waals surface area contributed by atoms with Crippen LogP contribution < -0.4 is 11.2 Å². The summed E-state index contributed by atoms with van der Waals surface area (Å²) < 4.78 is 2.63. The topological polar surface area (TPSA) is 107 Å². The highest BCUT2D eigenvalue weighted by Crippen LogP contribution is 2.15. The second-order valence-corrected chi connectivity index (χ2v) is 6.26. The minimum atomic E-state index is -1.23. The fourth-order valence-corrected chi connectivity index (χ4v) is 2.64. The summed E-state index contributed by atoms with van der Waals surface area (Å²) in [6.45, 7) is 0. The van der Waals surface area contributed by atoms with E-state index in [1.807, 2.05) is 0 Å². The summed E-state index contributed by atoms with van der Waals surface area (Å²) in [6.07, 6.45) is 1.17. The Morgan fingerprint density at radius 2 is 1.68 bits per heavy atom. The molecule has 1 aromatic carbocycles. The molecular formula is C15H12BrN5O4. The summed E-state index contributed by atoms with van der Waals surface area (Å²) in [5.74, 6) is -2.91. The van der Waals surface area contributed by atoms with Gasteiger partial charge < -0.3 is 0 Å². The van der Waals surface area contributed by atoms with E-state index in [0.717, 1.165) is 18.7 Å². The monoisotopic (exact) mass is 405 g/mol. The number of ketones is 1. The van der Waals surface area contributed by atoms with Crippen LogP contribution in [0.25, 0.3) is 5.69 Å². The molecule has 0 spiro atoms. The Hall–Kier alpha value is -2.88. The molecular weight excluding hydrogens is 394 g/mol. The number of hydrazone groups is 1. The molecule has 0 saturated carbocycles. The van der Waals surface area contributed by atoms with Gasteiger partial charge in [-0.05, 0) is 24.3 Å². The van der Waals surface area contributed by atoms with Crippen molar-refractivity contribution in [1.82, 2.24) is 19.4 Å². The van der Waals surface area contributed by atoms with Gasteiger partial charge in [0.05, 0.1) is 5.69 Å². The van der Waals surface area contributed by atoms with Gasteiger partial charge in [0.25, 0.3) is 5.56 Å². The Morgan fingerprint density at radius 1 is 1.04 bits per heavy atom. The Morgan fingerprint density at radius 3 is 2.32 bits per heavy atom. The van der Waals surface area contributed by atoms with Crippen LogP contribution in [0.15, 0.2) is 43.4 Å². The fraction of sp³-hybridized carbons (Fsp3) is 0.200. The zero-order chi connectivity index (χ0) is 18.3. The van der Waals surface area contributed by atoms with Crippen molar-refractivity contribution < 1.29 is 9.59 Å². The van der Waals surface area contributed by atoms with Gasteiger partial charge in [0.15, 0.2) is 0 Å². The van der Waals surface area contributed by atoms with E-state index < -0.39 is 28.9 Å². The van der Waals surface area contributed by atoms with Crippen molar-refractivity contribution in [2.45, 2.75) is 5.92 Å². The molecule has 0 aliphatic carbocycles. The Bertz CT molecular complexity index is 1020. The van der Waals surface area contributed by atoms with Crippen LogP contribution in [0.5, 0.6) is 0 Å². The summed E-state index contributed by atoms with van der Waals surface area (Å²) in [5.41, 5.74) is -1.35. The van der Waals surface area contributed by atoms with Gasteiger partial charge in [-0.2, -0.15) is 10.2 Å². The Labute approximate surface area is 149 Å². The molecule has 1 aliphatic rings. The summed E-state index contributed by atoms with van der Waals surface area (Å²) >= 11 is 3.28. The maximum absolute atomic E-state index is 12.8. The number of hydrogen-bond acceptors (Lipinski definition) is 6. The number of hydrogen-bond donors (Lipinski definition) is 0. The summed E-state index contributed by atoms with van der Waals surface area (Å²) in [4.78, 5) is 49.2. The second kappa shape index (κ2) is 6.20. The van der Waals surface area contributed by atoms with E-state index in [-0.39, 0.29) is 5.69 Å². The van der Waals surface area contributed by atoms with Gasteiger partial charge >= 0.3 is 11.6 Å². The summed E-state index contributed by atoms with van der Waals surface area (Å²) in [5, 5.41) is 8.55. The summed E-state index contributed by atoms with van der Waals surface area (Å²) in [6, 6.07) is 6.50. The van der Waals surface area contributed by atoms with Crippen LogP contribution in [0.3, 0.4) is 0 Å². The first kappa shape index (κ1) is 17.0. The average Bonchev–Trinajstić information content (AvgIpc) is 2.58. The molecule has 25 heavy (non-hydrogen) atoms. The molecule has 0 N–H and O–H groups in total. The molecule has 0 radical (unpaired) electrons. The molecule has 1 amide bonds. The van der Waals surface area contributed by atoms with E-state index in [9.17, 15) is 19.2 Å². The van der Waals surface area contributed by atoms with Gasteiger partial charge in [-0.1, -0.05) is 15.9 Å². The molecule has 128 valence electrons. The summed E-state index contributed by atoms with van der Waals surface area (Å²) in [7, 11) is 2.69. The lowest BCUT2D eigenvalue weighted by Gasteiger charge is -2.20. The molecule has 2 aromatic rings. The van der Waals surface area contributed by atoms with Crippen molar-refractivity contribution in [3.05, 3.63) is 55.3 Å². The third kappa shape index (κ3) is 2.84. The maximum atomic E-state index is 12.8. The zero-order valence-electron chi connectivity index (χ0n) is 13.2. The van der Waals surface area contributed by atoms with Gasteiger partial charge in [0.2, 0.25) is 5.78 Å². The van der Waals surface area contributed by atoms with E-state index in [1.165, 1.54) is 20.3 Å². The maximum Gasteiger partial charge on any atom is 0.351 e.